The van der Waals surface area contributed by atoms with Gasteiger partial charge in [0.15, 0.2) is 0 Å². The summed E-state index contributed by atoms with van der Waals surface area (Å²) in [5.74, 6) is 0.145. The second kappa shape index (κ2) is 8.95. The van der Waals surface area contributed by atoms with Gasteiger partial charge in [-0.3, -0.25) is 10.3 Å². The van der Waals surface area contributed by atoms with Crippen LogP contribution in [-0.4, -0.2) is 21.2 Å². The Morgan fingerprint density at radius 3 is 2.35 bits per heavy atom. The molecule has 0 saturated heterocycles. The molecule has 1 heterocycles. The molecule has 7 heteroatoms. The molecule has 0 spiro atoms. The Morgan fingerprint density at radius 1 is 1.24 bits per heavy atom. The van der Waals surface area contributed by atoms with Crippen molar-refractivity contribution in [3.05, 3.63) is 46.9 Å². The van der Waals surface area contributed by atoms with E-state index in [1.807, 2.05) is 19.9 Å². The molecule has 2 aromatic rings. The number of rotatable bonds is 2. The van der Waals surface area contributed by atoms with Gasteiger partial charge in [0.2, 0.25) is 0 Å². The van der Waals surface area contributed by atoms with Crippen LogP contribution in [0, 0.1) is 5.21 Å². The standard InChI is InChI=1S/C8H6N5O.C2H6.Y/c14-11-7(8-9-12-13-10-8)6-4-2-1-3-5-6;1-2;/h1-5H,(H-,9,10,12,13,14);1-2H3;/q-1;;/p-1. The van der Waals surface area contributed by atoms with Crippen LogP contribution in [0.5, 0.6) is 0 Å². The first kappa shape index (κ1) is 15.9. The van der Waals surface area contributed by atoms with Gasteiger partial charge in [-0.2, -0.15) is 5.21 Å². The van der Waals surface area contributed by atoms with Crippen LogP contribution in [0.2, 0.25) is 0 Å². The first-order valence-corrected chi connectivity index (χ1v) is 4.86. The summed E-state index contributed by atoms with van der Waals surface area (Å²) >= 11 is 0. The molecule has 0 amide bonds. The summed E-state index contributed by atoms with van der Waals surface area (Å²) in [5.41, 5.74) is 0.799. The summed E-state index contributed by atoms with van der Waals surface area (Å²) < 4.78 is 0. The zero-order chi connectivity index (χ0) is 11.8. The van der Waals surface area contributed by atoms with Gasteiger partial charge < -0.3 is 15.5 Å². The first-order chi connectivity index (χ1) is 7.92. The molecule has 0 saturated carbocycles. The number of aromatic nitrogens is 4. The van der Waals surface area contributed by atoms with Gasteiger partial charge in [-0.15, -0.1) is 0 Å². The van der Waals surface area contributed by atoms with Crippen molar-refractivity contribution in [1.82, 2.24) is 20.6 Å². The molecule has 0 unspecified atom stereocenters. The molecule has 0 bridgehead atoms. The molecule has 6 nitrogen and oxygen atoms in total. The van der Waals surface area contributed by atoms with Crippen LogP contribution >= 0.6 is 0 Å². The second-order valence-corrected chi connectivity index (χ2v) is 2.51. The molecule has 2 rings (SSSR count). The normalized spacial score (nSPS) is 9.88. The summed E-state index contributed by atoms with van der Waals surface area (Å²) in [6.07, 6.45) is 0. The van der Waals surface area contributed by atoms with Crippen molar-refractivity contribution >= 4 is 5.71 Å². The van der Waals surface area contributed by atoms with E-state index in [2.05, 4.69) is 25.8 Å². The summed E-state index contributed by atoms with van der Waals surface area (Å²) in [7, 11) is 0. The fourth-order valence-electron chi connectivity index (χ4n) is 1.06. The average Bonchev–Trinajstić information content (AvgIpc) is 2.88. The number of tetrazole rings is 1. The summed E-state index contributed by atoms with van der Waals surface area (Å²) in [4.78, 5) is 0. The van der Waals surface area contributed by atoms with Crippen molar-refractivity contribution in [2.24, 2.45) is 5.16 Å². The third-order valence-electron chi connectivity index (χ3n) is 1.67. The Hall–Kier alpha value is -1.14. The Labute approximate surface area is 124 Å². The molecule has 0 aliphatic heterocycles. The molecule has 1 radical (unpaired) electrons. The van der Waals surface area contributed by atoms with E-state index in [1.165, 1.54) is 0 Å². The van der Waals surface area contributed by atoms with Crippen molar-refractivity contribution in [1.29, 1.82) is 0 Å². The Balaban J connectivity index is 0.000000811. The van der Waals surface area contributed by atoms with E-state index in [0.29, 0.717) is 5.56 Å². The minimum Gasteiger partial charge on any atom is -0.791 e. The van der Waals surface area contributed by atoms with Crippen LogP contribution in [0.3, 0.4) is 0 Å². The maximum absolute atomic E-state index is 10.6. The molecule has 17 heavy (non-hydrogen) atoms. The molecule has 0 N–H and O–H groups in total. The monoisotopic (exact) mass is 306 g/mol. The number of nitrogens with zero attached hydrogens (tertiary/aromatic N) is 5. The maximum atomic E-state index is 10.6. The van der Waals surface area contributed by atoms with E-state index in [-0.39, 0.29) is 44.2 Å². The fourth-order valence-corrected chi connectivity index (χ4v) is 1.06. The van der Waals surface area contributed by atoms with Gasteiger partial charge in [-0.05, 0) is 0 Å². The van der Waals surface area contributed by atoms with Gasteiger partial charge in [0, 0.05) is 38.3 Å². The molecular weight excluding hydrogens is 295 g/mol. The van der Waals surface area contributed by atoms with Crippen LogP contribution in [0.15, 0.2) is 35.5 Å². The molecule has 1 aromatic carbocycles. The molecule has 1 aromatic heterocycles. The molecular formula is C10H11N5OY-2. The quantitative estimate of drug-likeness (QED) is 0.614. The molecule has 0 aliphatic rings. The van der Waals surface area contributed by atoms with Crippen molar-refractivity contribution < 1.29 is 32.7 Å². The summed E-state index contributed by atoms with van der Waals surface area (Å²) in [6.45, 7) is 4.00. The van der Waals surface area contributed by atoms with E-state index < -0.39 is 0 Å². The van der Waals surface area contributed by atoms with Crippen LogP contribution in [-0.2, 0) is 32.7 Å². The Kier molecular flexibility index (Phi) is 8.35. The van der Waals surface area contributed by atoms with Gasteiger partial charge in [-0.25, -0.2) is 0 Å². The van der Waals surface area contributed by atoms with E-state index in [0.717, 1.165) is 0 Å². The van der Waals surface area contributed by atoms with Crippen molar-refractivity contribution in [2.75, 3.05) is 0 Å². The van der Waals surface area contributed by atoms with Gasteiger partial charge in [-0.1, -0.05) is 44.2 Å². The van der Waals surface area contributed by atoms with E-state index >= 15 is 0 Å². The minimum atomic E-state index is 0. The zero-order valence-corrected chi connectivity index (χ0v) is 12.4. The second-order valence-electron chi connectivity index (χ2n) is 2.51. The van der Waals surface area contributed by atoms with Crippen LogP contribution in [0.4, 0.5) is 0 Å². The van der Waals surface area contributed by atoms with E-state index in [1.54, 1.807) is 24.3 Å². The number of hydrogen-bond donors (Lipinski definition) is 0. The topological polar surface area (TPSA) is 88.2 Å². The van der Waals surface area contributed by atoms with Gasteiger partial charge >= 0.3 is 0 Å². The molecule has 87 valence electrons. The number of hydrogen-bond acceptors (Lipinski definition) is 5. The first-order valence-electron chi connectivity index (χ1n) is 4.86. The van der Waals surface area contributed by atoms with Crippen molar-refractivity contribution in [3.8, 4) is 0 Å². The van der Waals surface area contributed by atoms with Crippen LogP contribution in [0.1, 0.15) is 25.2 Å². The summed E-state index contributed by atoms with van der Waals surface area (Å²) in [5, 5.41) is 27.1. The predicted molar refractivity (Wildman–Crippen MR) is 59.9 cm³/mol. The van der Waals surface area contributed by atoms with Crippen LogP contribution < -0.4 is 5.10 Å². The van der Waals surface area contributed by atoms with Gasteiger partial charge in [0.05, 0.1) is 11.5 Å². The van der Waals surface area contributed by atoms with Gasteiger partial charge in [0.25, 0.3) is 0 Å². The zero-order valence-electron chi connectivity index (χ0n) is 9.61. The van der Waals surface area contributed by atoms with Crippen molar-refractivity contribution in [3.63, 3.8) is 0 Å². The minimum absolute atomic E-state index is 0. The maximum Gasteiger partial charge on any atom is 0.0734 e. The molecule has 0 atom stereocenters. The third-order valence-corrected chi connectivity index (χ3v) is 1.67. The van der Waals surface area contributed by atoms with Crippen molar-refractivity contribution in [2.45, 2.75) is 13.8 Å². The molecule has 0 aliphatic carbocycles. The third kappa shape index (κ3) is 4.32. The largest absolute Gasteiger partial charge is 0.791 e. The average molecular weight is 306 g/mol. The van der Waals surface area contributed by atoms with Gasteiger partial charge in [0.1, 0.15) is 0 Å². The van der Waals surface area contributed by atoms with Crippen LogP contribution in [0.25, 0.3) is 0 Å². The SMILES string of the molecule is CC.[O-]N=C(c1ccccc1)c1nnn[n-]1.[Y]. The molecule has 0 fully saturated rings. The smallest absolute Gasteiger partial charge is 0.0734 e. The number of benzene rings is 1. The van der Waals surface area contributed by atoms with E-state index in [4.69, 9.17) is 0 Å². The fraction of sp³-hybridized carbons (Fsp3) is 0.200. The summed E-state index contributed by atoms with van der Waals surface area (Å²) in [6, 6.07) is 8.92. The Bertz CT molecular complexity index is 429. The van der Waals surface area contributed by atoms with E-state index in [9.17, 15) is 5.21 Å². The predicted octanol–water partition coefficient (Wildman–Crippen LogP) is 1.19. The Morgan fingerprint density at radius 2 is 1.88 bits per heavy atom.